The predicted octanol–water partition coefficient (Wildman–Crippen LogP) is -3.52. The lowest BCUT2D eigenvalue weighted by atomic mass is 10.0. The van der Waals surface area contributed by atoms with Crippen molar-refractivity contribution in [2.45, 2.75) is 75.5 Å². The zero-order valence-electron chi connectivity index (χ0n) is 15.3. The number of rotatable bonds is 15. The smallest absolute Gasteiger partial charge is 0.308 e. The molecule has 0 aromatic rings. The number of hydrogen-bond acceptors (Lipinski definition) is 12. The molecule has 12 nitrogen and oxygen atoms in total. The Kier molecular flexibility index (Phi) is 13.9. The first-order chi connectivity index (χ1) is 13.1. The number of aliphatic hydroxyl groups is 8. The molecule has 0 saturated heterocycles. The number of carbonyl (C=O) groups excluding carboxylic acids is 2. The predicted molar refractivity (Wildman–Crippen MR) is 90.1 cm³/mol. The van der Waals surface area contributed by atoms with Crippen LogP contribution in [-0.2, 0) is 19.1 Å². The van der Waals surface area contributed by atoms with Crippen LogP contribution in [0.1, 0.15) is 38.5 Å². The lowest BCUT2D eigenvalue weighted by molar-refractivity contribution is -0.213. The van der Waals surface area contributed by atoms with Crippen molar-refractivity contribution in [3.63, 3.8) is 0 Å². The van der Waals surface area contributed by atoms with Crippen molar-refractivity contribution >= 4 is 11.9 Å². The molecule has 2 unspecified atom stereocenters. The van der Waals surface area contributed by atoms with Crippen LogP contribution in [0.25, 0.3) is 0 Å². The van der Waals surface area contributed by atoms with Gasteiger partial charge >= 0.3 is 11.9 Å². The monoisotopic (exact) mass is 414 g/mol. The van der Waals surface area contributed by atoms with Gasteiger partial charge in [0.1, 0.15) is 24.4 Å². The van der Waals surface area contributed by atoms with Gasteiger partial charge in [-0.05, 0) is 19.3 Å². The van der Waals surface area contributed by atoms with E-state index in [0.717, 1.165) is 0 Å². The molecule has 0 heterocycles. The van der Waals surface area contributed by atoms with Crippen LogP contribution >= 0.6 is 0 Å². The maximum atomic E-state index is 11.6. The highest BCUT2D eigenvalue weighted by Crippen LogP contribution is 2.11. The van der Waals surface area contributed by atoms with Crippen LogP contribution < -0.4 is 0 Å². The van der Waals surface area contributed by atoms with Gasteiger partial charge < -0.3 is 50.3 Å². The molecule has 166 valence electrons. The molecule has 0 rings (SSSR count). The summed E-state index contributed by atoms with van der Waals surface area (Å²) in [6.45, 7) is -1.04. The normalized spacial score (nSPS) is 17.9. The van der Waals surface area contributed by atoms with Crippen molar-refractivity contribution in [1.82, 2.24) is 0 Å². The Morgan fingerprint density at radius 2 is 1.25 bits per heavy atom. The van der Waals surface area contributed by atoms with Crippen molar-refractivity contribution in [3.05, 3.63) is 0 Å². The number of aliphatic hydroxyl groups excluding tert-OH is 8. The quantitative estimate of drug-likeness (QED) is 0.0743. The molecule has 0 amide bonds. The standard InChI is InChI=1S/C16H30O12/c17-7-3-6-11(21)27-10(20)4-1-2-5-12(22)28-16(26)15(25)14(24)13(23)9(19)8-18/h9,11,13-19,21,23-26H,1-8H2/t9-,11?,13-,14+,15-,16?/m1/s1. The van der Waals surface area contributed by atoms with Crippen molar-refractivity contribution in [2.75, 3.05) is 13.2 Å². The van der Waals surface area contributed by atoms with Gasteiger partial charge in [-0.25, -0.2) is 0 Å². The van der Waals surface area contributed by atoms with Gasteiger partial charge in [0.2, 0.25) is 12.6 Å². The SMILES string of the molecule is O=C(CCCCC(=O)OC(O)[C@H](O)[C@@H](O)[C@H](O)[C@H](O)CO)OC(O)CCCO. The van der Waals surface area contributed by atoms with E-state index in [4.69, 9.17) is 15.3 Å². The highest BCUT2D eigenvalue weighted by atomic mass is 16.6. The van der Waals surface area contributed by atoms with Crippen LogP contribution in [0.15, 0.2) is 0 Å². The maximum absolute atomic E-state index is 11.6. The molecule has 0 saturated carbocycles. The number of ether oxygens (including phenoxy) is 2. The average molecular weight is 414 g/mol. The molecule has 28 heavy (non-hydrogen) atoms. The van der Waals surface area contributed by atoms with Crippen LogP contribution in [0.5, 0.6) is 0 Å². The van der Waals surface area contributed by atoms with E-state index < -0.39 is 55.5 Å². The fourth-order valence-electron chi connectivity index (χ4n) is 2.04. The third-order valence-corrected chi connectivity index (χ3v) is 3.71. The van der Waals surface area contributed by atoms with Gasteiger partial charge in [-0.15, -0.1) is 0 Å². The van der Waals surface area contributed by atoms with Crippen molar-refractivity contribution in [2.24, 2.45) is 0 Å². The number of hydrogen-bond donors (Lipinski definition) is 8. The number of carbonyl (C=O) groups is 2. The van der Waals surface area contributed by atoms with E-state index in [1.165, 1.54) is 0 Å². The van der Waals surface area contributed by atoms with Gasteiger partial charge in [0.15, 0.2) is 0 Å². The van der Waals surface area contributed by atoms with E-state index in [2.05, 4.69) is 9.47 Å². The van der Waals surface area contributed by atoms with Gasteiger partial charge in [-0.1, -0.05) is 0 Å². The summed E-state index contributed by atoms with van der Waals surface area (Å²) < 4.78 is 9.14. The molecular weight excluding hydrogens is 384 g/mol. The third kappa shape index (κ3) is 10.8. The Balaban J connectivity index is 4.09. The highest BCUT2D eigenvalue weighted by Gasteiger charge is 2.35. The first kappa shape index (κ1) is 26.6. The maximum Gasteiger partial charge on any atom is 0.308 e. The number of unbranched alkanes of at least 4 members (excludes halogenated alkanes) is 1. The minimum atomic E-state index is -2.19. The van der Waals surface area contributed by atoms with Crippen molar-refractivity contribution < 1.29 is 59.9 Å². The Labute approximate surface area is 161 Å². The molecule has 8 N–H and O–H groups in total. The van der Waals surface area contributed by atoms with Gasteiger partial charge in [0.25, 0.3) is 0 Å². The Morgan fingerprint density at radius 3 is 1.75 bits per heavy atom. The summed E-state index contributed by atoms with van der Waals surface area (Å²) in [5, 5.41) is 73.9. The van der Waals surface area contributed by atoms with E-state index >= 15 is 0 Å². The summed E-state index contributed by atoms with van der Waals surface area (Å²) in [5.74, 6) is -1.64. The second-order valence-corrected chi connectivity index (χ2v) is 6.12. The first-order valence-corrected chi connectivity index (χ1v) is 8.83. The minimum Gasteiger partial charge on any atom is -0.436 e. The molecule has 6 atom stereocenters. The molecule has 0 bridgehead atoms. The van der Waals surface area contributed by atoms with E-state index in [0.29, 0.717) is 0 Å². The minimum absolute atomic E-state index is 0.0847. The Bertz CT molecular complexity index is 445. The van der Waals surface area contributed by atoms with E-state index in [1.54, 1.807) is 0 Å². The van der Waals surface area contributed by atoms with Gasteiger partial charge in [0.05, 0.1) is 6.61 Å². The summed E-state index contributed by atoms with van der Waals surface area (Å²) >= 11 is 0. The molecular formula is C16H30O12. The van der Waals surface area contributed by atoms with Crippen molar-refractivity contribution in [3.8, 4) is 0 Å². The van der Waals surface area contributed by atoms with E-state index in [1.807, 2.05) is 0 Å². The molecule has 0 aliphatic heterocycles. The van der Waals surface area contributed by atoms with Crippen LogP contribution in [-0.4, -0.2) is 103 Å². The Hall–Kier alpha value is -1.38. The first-order valence-electron chi connectivity index (χ1n) is 8.83. The number of esters is 2. The summed E-state index contributed by atoms with van der Waals surface area (Å²) in [5.41, 5.74) is 0. The molecule has 0 aliphatic carbocycles. The molecule has 0 aromatic heterocycles. The lowest BCUT2D eigenvalue weighted by Crippen LogP contribution is -2.50. The van der Waals surface area contributed by atoms with Crippen LogP contribution in [0.2, 0.25) is 0 Å². The summed E-state index contributed by atoms with van der Waals surface area (Å²) in [6, 6.07) is 0. The van der Waals surface area contributed by atoms with Gasteiger partial charge in [0, 0.05) is 25.9 Å². The van der Waals surface area contributed by atoms with E-state index in [-0.39, 0.29) is 45.1 Å². The summed E-state index contributed by atoms with van der Waals surface area (Å²) in [6.07, 6.45) is -11.0. The van der Waals surface area contributed by atoms with Crippen LogP contribution in [0.4, 0.5) is 0 Å². The van der Waals surface area contributed by atoms with Crippen LogP contribution in [0, 0.1) is 0 Å². The zero-order chi connectivity index (χ0) is 21.7. The fraction of sp³-hybridized carbons (Fsp3) is 0.875. The second kappa shape index (κ2) is 14.6. The second-order valence-electron chi connectivity index (χ2n) is 6.12. The lowest BCUT2D eigenvalue weighted by Gasteiger charge is -2.28. The third-order valence-electron chi connectivity index (χ3n) is 3.71. The van der Waals surface area contributed by atoms with Crippen molar-refractivity contribution in [1.29, 1.82) is 0 Å². The fourth-order valence-corrected chi connectivity index (χ4v) is 2.04. The topological polar surface area (TPSA) is 214 Å². The Morgan fingerprint density at radius 1 is 0.714 bits per heavy atom. The zero-order valence-corrected chi connectivity index (χ0v) is 15.3. The highest BCUT2D eigenvalue weighted by molar-refractivity contribution is 5.70. The molecule has 12 heteroatoms. The van der Waals surface area contributed by atoms with Gasteiger partial charge in [-0.3, -0.25) is 9.59 Å². The van der Waals surface area contributed by atoms with E-state index in [9.17, 15) is 35.1 Å². The average Bonchev–Trinajstić information content (AvgIpc) is 2.66. The molecule has 0 radical (unpaired) electrons. The van der Waals surface area contributed by atoms with Gasteiger partial charge in [-0.2, -0.15) is 0 Å². The molecule has 0 aliphatic rings. The van der Waals surface area contributed by atoms with Crippen LogP contribution in [0.3, 0.4) is 0 Å². The summed E-state index contributed by atoms with van der Waals surface area (Å²) in [7, 11) is 0. The summed E-state index contributed by atoms with van der Waals surface area (Å²) in [4.78, 5) is 23.0. The molecule has 0 spiro atoms. The largest absolute Gasteiger partial charge is 0.436 e. The molecule has 0 aromatic carbocycles. The molecule has 0 fully saturated rings.